The molecule has 0 radical (unpaired) electrons. The van der Waals surface area contributed by atoms with Crippen molar-refractivity contribution in [2.45, 2.75) is 45.1 Å². The monoisotopic (exact) mass is 378 g/mol. The van der Waals surface area contributed by atoms with Crippen LogP contribution in [0.4, 0.5) is 5.69 Å². The molecule has 7 heteroatoms. The van der Waals surface area contributed by atoms with Gasteiger partial charge in [0.2, 0.25) is 10.0 Å². The van der Waals surface area contributed by atoms with Crippen LogP contribution in [-0.2, 0) is 16.6 Å². The Morgan fingerprint density at radius 3 is 2.62 bits per heavy atom. The predicted molar refractivity (Wildman–Crippen MR) is 107 cm³/mol. The second kappa shape index (κ2) is 7.86. The van der Waals surface area contributed by atoms with E-state index in [-0.39, 0.29) is 0 Å². The average Bonchev–Trinajstić information content (AvgIpc) is 2.99. The molecule has 0 unspecified atom stereocenters. The molecule has 144 valence electrons. The van der Waals surface area contributed by atoms with Gasteiger partial charge in [0.15, 0.2) is 5.96 Å². The number of para-hydroxylation sites is 1. The van der Waals surface area contributed by atoms with Crippen LogP contribution in [0.2, 0.25) is 0 Å². The molecule has 1 saturated heterocycles. The van der Waals surface area contributed by atoms with E-state index in [1.807, 2.05) is 25.2 Å². The van der Waals surface area contributed by atoms with Gasteiger partial charge in [0.1, 0.15) is 0 Å². The van der Waals surface area contributed by atoms with E-state index >= 15 is 0 Å². The fraction of sp³-hybridized carbons (Fsp3) is 0.632. The minimum Gasteiger partial charge on any atom is -0.352 e. The molecule has 1 saturated carbocycles. The van der Waals surface area contributed by atoms with E-state index in [2.05, 4.69) is 19.9 Å². The number of likely N-dealkylation sites (tertiary alicyclic amines) is 1. The summed E-state index contributed by atoms with van der Waals surface area (Å²) >= 11 is 0. The molecule has 1 aliphatic heterocycles. The second-order valence-electron chi connectivity index (χ2n) is 7.66. The number of hydrogen-bond donors (Lipinski definition) is 2. The number of aliphatic imine (C=N–C) groups is 1. The number of anilines is 1. The van der Waals surface area contributed by atoms with Gasteiger partial charge >= 0.3 is 0 Å². The summed E-state index contributed by atoms with van der Waals surface area (Å²) in [5.74, 6) is 0.904. The average molecular weight is 379 g/mol. The van der Waals surface area contributed by atoms with Gasteiger partial charge in [0.25, 0.3) is 0 Å². The van der Waals surface area contributed by atoms with E-state index < -0.39 is 10.0 Å². The number of nitrogens with zero attached hydrogens (tertiary/aromatic N) is 2. The Hall–Kier alpha value is -1.76. The van der Waals surface area contributed by atoms with E-state index in [4.69, 9.17) is 0 Å². The first kappa shape index (κ1) is 19.0. The third kappa shape index (κ3) is 4.69. The highest BCUT2D eigenvalue weighted by Gasteiger charge is 2.39. The summed E-state index contributed by atoms with van der Waals surface area (Å²) in [7, 11) is -1.48. The zero-order chi connectivity index (χ0) is 18.6. The smallest absolute Gasteiger partial charge is 0.229 e. The molecule has 1 heterocycles. The molecule has 0 amide bonds. The highest BCUT2D eigenvalue weighted by molar-refractivity contribution is 7.92. The topological polar surface area (TPSA) is 73.8 Å². The first-order chi connectivity index (χ1) is 12.4. The lowest BCUT2D eigenvalue weighted by molar-refractivity contribution is 0.203. The lowest BCUT2D eigenvalue weighted by Crippen LogP contribution is -2.41. The van der Waals surface area contributed by atoms with Crippen molar-refractivity contribution in [2.75, 3.05) is 31.1 Å². The van der Waals surface area contributed by atoms with E-state index in [9.17, 15) is 8.42 Å². The molecule has 1 aliphatic carbocycles. The Labute approximate surface area is 157 Å². The summed E-state index contributed by atoms with van der Waals surface area (Å²) in [6, 6.07) is 7.47. The molecule has 0 bridgehead atoms. The fourth-order valence-corrected chi connectivity index (χ4v) is 4.90. The highest BCUT2D eigenvalue weighted by atomic mass is 32.2. The predicted octanol–water partition coefficient (Wildman–Crippen LogP) is 2.79. The zero-order valence-corrected chi connectivity index (χ0v) is 16.6. The van der Waals surface area contributed by atoms with Crippen molar-refractivity contribution < 1.29 is 8.42 Å². The molecular formula is C19H30N4O2S. The van der Waals surface area contributed by atoms with E-state index in [1.54, 1.807) is 6.07 Å². The van der Waals surface area contributed by atoms with Gasteiger partial charge in [-0.3, -0.25) is 9.71 Å². The summed E-state index contributed by atoms with van der Waals surface area (Å²) in [5, 5.41) is 3.42. The number of rotatable bonds is 4. The minimum absolute atomic E-state index is 0.478. The van der Waals surface area contributed by atoms with Crippen LogP contribution in [0.15, 0.2) is 29.3 Å². The van der Waals surface area contributed by atoms with Crippen LogP contribution in [0, 0.1) is 5.41 Å². The van der Waals surface area contributed by atoms with Crippen molar-refractivity contribution in [3.63, 3.8) is 0 Å². The van der Waals surface area contributed by atoms with Gasteiger partial charge in [-0.15, -0.1) is 0 Å². The van der Waals surface area contributed by atoms with Crippen molar-refractivity contribution in [3.05, 3.63) is 29.8 Å². The molecule has 3 rings (SSSR count). The normalized spacial score (nSPS) is 20.4. The van der Waals surface area contributed by atoms with Crippen LogP contribution in [0.5, 0.6) is 0 Å². The maximum atomic E-state index is 11.6. The molecule has 1 aromatic carbocycles. The minimum atomic E-state index is -3.30. The molecule has 0 atom stereocenters. The summed E-state index contributed by atoms with van der Waals surface area (Å²) in [6.45, 7) is 2.66. The number of hydrogen-bond acceptors (Lipinski definition) is 3. The summed E-state index contributed by atoms with van der Waals surface area (Å²) < 4.78 is 25.7. The lowest BCUT2D eigenvalue weighted by Gasteiger charge is -2.33. The molecule has 0 aromatic heterocycles. The third-order valence-electron chi connectivity index (χ3n) is 5.61. The van der Waals surface area contributed by atoms with Gasteiger partial charge in [-0.05, 0) is 36.3 Å². The fourth-order valence-electron chi connectivity index (χ4n) is 4.31. The van der Waals surface area contributed by atoms with Gasteiger partial charge in [-0.1, -0.05) is 37.5 Å². The van der Waals surface area contributed by atoms with Crippen LogP contribution in [0.3, 0.4) is 0 Å². The quantitative estimate of drug-likeness (QED) is 0.624. The van der Waals surface area contributed by atoms with Gasteiger partial charge < -0.3 is 10.2 Å². The molecule has 6 nitrogen and oxygen atoms in total. The maximum Gasteiger partial charge on any atom is 0.229 e. The summed E-state index contributed by atoms with van der Waals surface area (Å²) in [4.78, 5) is 6.82. The Morgan fingerprint density at radius 2 is 1.92 bits per heavy atom. The van der Waals surface area contributed by atoms with Crippen molar-refractivity contribution >= 4 is 21.7 Å². The number of benzene rings is 1. The lowest BCUT2D eigenvalue weighted by atomic mass is 9.73. The first-order valence-electron chi connectivity index (χ1n) is 9.42. The standard InChI is InChI=1S/C19H30N4O2S/c1-20-18(23-13-12-19(15-23)10-6-3-7-11-19)21-14-16-8-4-5-9-17(16)22-26(2,24)25/h4-5,8-9,22H,3,6-7,10-15H2,1-2H3,(H,20,21). The molecular weight excluding hydrogens is 348 g/mol. The van der Waals surface area contributed by atoms with Crippen LogP contribution >= 0.6 is 0 Å². The van der Waals surface area contributed by atoms with Gasteiger partial charge in [0.05, 0.1) is 11.9 Å². The molecule has 1 spiro atoms. The first-order valence-corrected chi connectivity index (χ1v) is 11.3. The van der Waals surface area contributed by atoms with E-state index in [0.29, 0.717) is 17.6 Å². The van der Waals surface area contributed by atoms with Gasteiger partial charge in [-0.2, -0.15) is 0 Å². The SMILES string of the molecule is CN=C(NCc1ccccc1NS(C)(=O)=O)N1CCC2(CCCCC2)C1. The van der Waals surface area contributed by atoms with Crippen molar-refractivity contribution in [2.24, 2.45) is 10.4 Å². The summed E-state index contributed by atoms with van der Waals surface area (Å²) in [5.41, 5.74) is 2.00. The largest absolute Gasteiger partial charge is 0.352 e. The van der Waals surface area contributed by atoms with Crippen molar-refractivity contribution in [3.8, 4) is 0 Å². The highest BCUT2D eigenvalue weighted by Crippen LogP contribution is 2.43. The van der Waals surface area contributed by atoms with Gasteiger partial charge in [0, 0.05) is 26.7 Å². The molecule has 26 heavy (non-hydrogen) atoms. The Bertz CT molecular complexity index is 755. The van der Waals surface area contributed by atoms with Crippen LogP contribution in [-0.4, -0.2) is 45.7 Å². The van der Waals surface area contributed by atoms with Crippen molar-refractivity contribution in [1.29, 1.82) is 0 Å². The Kier molecular flexibility index (Phi) is 5.75. The number of guanidine groups is 1. The van der Waals surface area contributed by atoms with E-state index in [0.717, 1.165) is 24.6 Å². The van der Waals surface area contributed by atoms with Crippen molar-refractivity contribution in [1.82, 2.24) is 10.2 Å². The zero-order valence-electron chi connectivity index (χ0n) is 15.8. The number of sulfonamides is 1. The molecule has 2 fully saturated rings. The summed E-state index contributed by atoms with van der Waals surface area (Å²) in [6.07, 6.45) is 9.17. The molecule has 2 N–H and O–H groups in total. The van der Waals surface area contributed by atoms with Gasteiger partial charge in [-0.25, -0.2) is 8.42 Å². The molecule has 2 aliphatic rings. The maximum absolute atomic E-state index is 11.6. The Morgan fingerprint density at radius 1 is 1.19 bits per heavy atom. The number of nitrogens with one attached hydrogen (secondary N) is 2. The second-order valence-corrected chi connectivity index (χ2v) is 9.41. The van der Waals surface area contributed by atoms with Crippen LogP contribution < -0.4 is 10.0 Å². The van der Waals surface area contributed by atoms with Crippen LogP contribution in [0.1, 0.15) is 44.1 Å². The molecule has 1 aromatic rings. The van der Waals surface area contributed by atoms with Crippen LogP contribution in [0.25, 0.3) is 0 Å². The third-order valence-corrected chi connectivity index (χ3v) is 6.20. The van der Waals surface area contributed by atoms with E-state index in [1.165, 1.54) is 44.8 Å². The Balaban J connectivity index is 1.64.